The molecule has 146 valence electrons. The second-order valence-corrected chi connectivity index (χ2v) is 6.38. The first-order chi connectivity index (χ1) is 13.6. The number of oxime groups is 2. The van der Waals surface area contributed by atoms with Gasteiger partial charge < -0.3 is 15.0 Å². The molecule has 0 heterocycles. The van der Waals surface area contributed by atoms with Gasteiger partial charge in [-0.2, -0.15) is 0 Å². The minimum Gasteiger partial charge on any atom is -0.398 e. The lowest BCUT2D eigenvalue weighted by molar-refractivity contribution is -0.114. The maximum absolute atomic E-state index is 13.9. The van der Waals surface area contributed by atoms with E-state index in [9.17, 15) is 9.18 Å². The molecule has 2 aromatic carbocycles. The smallest absolute Gasteiger partial charge is 0.273 e. The van der Waals surface area contributed by atoms with Crippen LogP contribution in [-0.2, 0) is 27.5 Å². The molecule has 0 atom stereocenters. The highest BCUT2D eigenvalue weighted by molar-refractivity contribution is 6.45. The van der Waals surface area contributed by atoms with Crippen molar-refractivity contribution in [2.24, 2.45) is 10.3 Å². The van der Waals surface area contributed by atoms with E-state index in [0.29, 0.717) is 24.0 Å². The van der Waals surface area contributed by atoms with Crippen molar-refractivity contribution in [2.75, 3.05) is 14.2 Å². The van der Waals surface area contributed by atoms with Crippen molar-refractivity contribution in [3.05, 3.63) is 70.0 Å². The fraction of sp³-hybridized carbons (Fsp3) is 0.286. The number of hydrogen-bond acceptors (Lipinski definition) is 5. The molecule has 0 aromatic heterocycles. The van der Waals surface area contributed by atoms with Crippen LogP contribution >= 0.6 is 0 Å². The molecule has 0 fully saturated rings. The first kappa shape index (κ1) is 19.5. The van der Waals surface area contributed by atoms with Gasteiger partial charge in [-0.15, -0.1) is 0 Å². The number of nitrogens with zero attached hydrogens (tertiary/aromatic N) is 2. The Kier molecular flexibility index (Phi) is 6.03. The topological polar surface area (TPSA) is 72.3 Å². The third-order valence-electron chi connectivity index (χ3n) is 4.72. The van der Waals surface area contributed by atoms with Crippen LogP contribution in [0.3, 0.4) is 0 Å². The van der Waals surface area contributed by atoms with Crippen molar-refractivity contribution in [1.82, 2.24) is 5.32 Å². The summed E-state index contributed by atoms with van der Waals surface area (Å²) in [5, 5.41) is 10.7. The second-order valence-electron chi connectivity index (χ2n) is 6.38. The summed E-state index contributed by atoms with van der Waals surface area (Å²) in [5.41, 5.74) is 4.67. The molecule has 1 aliphatic rings. The van der Waals surface area contributed by atoms with Crippen molar-refractivity contribution < 1.29 is 18.9 Å². The molecular weight excluding hydrogens is 361 g/mol. The van der Waals surface area contributed by atoms with E-state index in [-0.39, 0.29) is 24.0 Å². The Labute approximate surface area is 163 Å². The minimum atomic E-state index is -0.361. The summed E-state index contributed by atoms with van der Waals surface area (Å²) in [4.78, 5) is 22.6. The SMILES string of the molecule is CNC(=O)/C(=N/OC)c1cccc(C)c1CO/N=C1\CCc2c(F)cccc21. The molecule has 28 heavy (non-hydrogen) atoms. The number of rotatable bonds is 6. The van der Waals surface area contributed by atoms with Gasteiger partial charge in [0, 0.05) is 23.7 Å². The third kappa shape index (κ3) is 3.88. The molecule has 7 heteroatoms. The van der Waals surface area contributed by atoms with E-state index in [2.05, 4.69) is 15.6 Å². The van der Waals surface area contributed by atoms with Gasteiger partial charge in [-0.25, -0.2) is 4.39 Å². The van der Waals surface area contributed by atoms with E-state index < -0.39 is 0 Å². The van der Waals surface area contributed by atoms with Gasteiger partial charge in [0.1, 0.15) is 19.5 Å². The van der Waals surface area contributed by atoms with Crippen molar-refractivity contribution in [1.29, 1.82) is 0 Å². The molecule has 0 unspecified atom stereocenters. The zero-order chi connectivity index (χ0) is 20.1. The van der Waals surface area contributed by atoms with E-state index in [0.717, 1.165) is 22.4 Å². The van der Waals surface area contributed by atoms with Gasteiger partial charge in [0.2, 0.25) is 0 Å². The molecule has 0 aliphatic heterocycles. The maximum Gasteiger partial charge on any atom is 0.273 e. The Morgan fingerprint density at radius 2 is 2.00 bits per heavy atom. The van der Waals surface area contributed by atoms with Crippen LogP contribution in [0, 0.1) is 12.7 Å². The van der Waals surface area contributed by atoms with Crippen LogP contribution in [0.5, 0.6) is 0 Å². The maximum atomic E-state index is 13.9. The number of likely N-dealkylation sites (N-methyl/N-ethyl adjacent to an activating group) is 1. The van der Waals surface area contributed by atoms with E-state index in [1.54, 1.807) is 12.1 Å². The van der Waals surface area contributed by atoms with Gasteiger partial charge >= 0.3 is 0 Å². The Balaban J connectivity index is 1.86. The lowest BCUT2D eigenvalue weighted by Gasteiger charge is -2.13. The van der Waals surface area contributed by atoms with Crippen molar-refractivity contribution in [2.45, 2.75) is 26.4 Å². The average Bonchev–Trinajstić information content (AvgIpc) is 3.11. The summed E-state index contributed by atoms with van der Waals surface area (Å²) >= 11 is 0. The van der Waals surface area contributed by atoms with Crippen LogP contribution in [-0.4, -0.2) is 31.5 Å². The zero-order valence-corrected chi connectivity index (χ0v) is 16.1. The minimum absolute atomic E-state index is 0.149. The lowest BCUT2D eigenvalue weighted by atomic mass is 9.98. The standard InChI is InChI=1S/C21H22FN3O3/c1-13-6-4-8-16(20(25-27-3)21(26)23-2)17(13)12-28-24-19-11-10-14-15(19)7-5-9-18(14)22/h4-9H,10-12H2,1-3H3,(H,23,26)/b24-19+,25-20+. The molecule has 1 N–H and O–H groups in total. The molecule has 0 radical (unpaired) electrons. The molecular formula is C21H22FN3O3. The molecule has 3 rings (SSSR count). The van der Waals surface area contributed by atoms with Crippen LogP contribution in [0.4, 0.5) is 4.39 Å². The average molecular weight is 383 g/mol. The number of carbonyl (C=O) groups excluding carboxylic acids is 1. The van der Waals surface area contributed by atoms with E-state index >= 15 is 0 Å². The summed E-state index contributed by atoms with van der Waals surface area (Å²) < 4.78 is 13.9. The molecule has 1 amide bonds. The van der Waals surface area contributed by atoms with Crippen LogP contribution in [0.15, 0.2) is 46.7 Å². The second kappa shape index (κ2) is 8.65. The van der Waals surface area contributed by atoms with Crippen molar-refractivity contribution in [3.8, 4) is 0 Å². The molecule has 6 nitrogen and oxygen atoms in total. The molecule has 0 spiro atoms. The highest BCUT2D eigenvalue weighted by Gasteiger charge is 2.22. The predicted octanol–water partition coefficient (Wildman–Crippen LogP) is 3.10. The third-order valence-corrected chi connectivity index (χ3v) is 4.72. The van der Waals surface area contributed by atoms with Gasteiger partial charge in [-0.05, 0) is 37.0 Å². The number of fused-ring (bicyclic) bond motifs is 1. The molecule has 1 aliphatic carbocycles. The van der Waals surface area contributed by atoms with Crippen molar-refractivity contribution in [3.63, 3.8) is 0 Å². The van der Waals surface area contributed by atoms with Crippen LogP contribution in [0.2, 0.25) is 0 Å². The number of aryl methyl sites for hydroxylation is 1. The molecule has 0 saturated carbocycles. The van der Waals surface area contributed by atoms with E-state index in [4.69, 9.17) is 9.68 Å². The number of benzene rings is 2. The summed E-state index contributed by atoms with van der Waals surface area (Å²) in [7, 11) is 2.92. The summed E-state index contributed by atoms with van der Waals surface area (Å²) in [5.74, 6) is -0.574. The van der Waals surface area contributed by atoms with Gasteiger partial charge in [0.15, 0.2) is 5.71 Å². The zero-order valence-electron chi connectivity index (χ0n) is 16.1. The Bertz CT molecular complexity index is 954. The van der Waals surface area contributed by atoms with Gasteiger partial charge in [0.05, 0.1) is 5.71 Å². The summed E-state index contributed by atoms with van der Waals surface area (Å²) in [6.07, 6.45) is 1.24. The number of halogens is 1. The number of nitrogens with one attached hydrogen (secondary N) is 1. The Morgan fingerprint density at radius 1 is 1.21 bits per heavy atom. The fourth-order valence-corrected chi connectivity index (χ4v) is 3.27. The number of amides is 1. The Hall–Kier alpha value is -3.22. The fourth-order valence-electron chi connectivity index (χ4n) is 3.27. The lowest BCUT2D eigenvalue weighted by Crippen LogP contribution is -2.29. The van der Waals surface area contributed by atoms with Gasteiger partial charge in [0.25, 0.3) is 5.91 Å². The first-order valence-corrected chi connectivity index (χ1v) is 8.95. The van der Waals surface area contributed by atoms with Gasteiger partial charge in [-0.1, -0.05) is 40.6 Å². The Morgan fingerprint density at radius 3 is 2.75 bits per heavy atom. The highest BCUT2D eigenvalue weighted by Crippen LogP contribution is 2.25. The molecule has 0 bridgehead atoms. The first-order valence-electron chi connectivity index (χ1n) is 8.95. The van der Waals surface area contributed by atoms with E-state index in [1.165, 1.54) is 20.2 Å². The predicted molar refractivity (Wildman–Crippen MR) is 105 cm³/mol. The van der Waals surface area contributed by atoms with Crippen molar-refractivity contribution >= 4 is 17.3 Å². The number of hydrogen-bond donors (Lipinski definition) is 1. The largest absolute Gasteiger partial charge is 0.398 e. The van der Waals surface area contributed by atoms with E-state index in [1.807, 2.05) is 25.1 Å². The summed E-state index contributed by atoms with van der Waals surface area (Å²) in [6, 6.07) is 10.5. The van der Waals surface area contributed by atoms with Gasteiger partial charge in [-0.3, -0.25) is 4.79 Å². The van der Waals surface area contributed by atoms with Crippen LogP contribution < -0.4 is 5.32 Å². The highest BCUT2D eigenvalue weighted by atomic mass is 19.1. The van der Waals surface area contributed by atoms with Crippen LogP contribution in [0.1, 0.15) is 34.2 Å². The summed E-state index contributed by atoms with van der Waals surface area (Å²) in [6.45, 7) is 2.07. The quantitative estimate of drug-likeness (QED) is 0.615. The number of carbonyl (C=O) groups is 1. The molecule has 0 saturated heterocycles. The van der Waals surface area contributed by atoms with Crippen LogP contribution in [0.25, 0.3) is 0 Å². The monoisotopic (exact) mass is 383 g/mol. The normalized spacial score (nSPS) is 14.7. The molecule has 2 aromatic rings.